The summed E-state index contributed by atoms with van der Waals surface area (Å²) in [6.45, 7) is 11.1. The highest BCUT2D eigenvalue weighted by molar-refractivity contribution is 6.36. The molecule has 7 rings (SSSR count). The van der Waals surface area contributed by atoms with E-state index >= 15 is 0 Å². The Morgan fingerprint density at radius 3 is 1.52 bits per heavy atom. The molecule has 0 bridgehead atoms. The maximum Gasteiger partial charge on any atom is 0.418 e. The van der Waals surface area contributed by atoms with Gasteiger partial charge in [-0.2, -0.15) is 0 Å². The Bertz CT molecular complexity index is 2380. The van der Waals surface area contributed by atoms with Crippen LogP contribution in [0, 0.1) is 0 Å². The van der Waals surface area contributed by atoms with Crippen LogP contribution in [-0.2, 0) is 25.5 Å². The summed E-state index contributed by atoms with van der Waals surface area (Å²) in [6.07, 6.45) is 0.152. The standard InChI is InChI=1S/C28H26Cl2N2O3.C21H20Cl2N2O3/c1-3-17-35-28(34)32-26(25-22(29)15-10-16-23(25)30)31(19(2)21-13-8-5-9-14-21)24(27(32)33)18-20-11-6-4-7-12-20;1-3-12-28-21(27)25-18(26)13-24(14(2)15-8-5-4-6-9-15)20(25)19-16(22)10-7-11-17(19)23/h3-16,19,24,26H,1,17-18H2,2H3;3-11,14,20H,1,12-13H2,2H3/t19-,24+,26-;14-,20-/m11/s1. The van der Waals surface area contributed by atoms with Crippen LogP contribution in [0.25, 0.3) is 0 Å². The van der Waals surface area contributed by atoms with Gasteiger partial charge in [-0.3, -0.25) is 19.4 Å². The summed E-state index contributed by atoms with van der Waals surface area (Å²) in [5.74, 6) is -0.746. The molecule has 14 heteroatoms. The zero-order valence-electron chi connectivity index (χ0n) is 34.7. The molecule has 0 N–H and O–H groups in total. The molecule has 2 aliphatic rings. The van der Waals surface area contributed by atoms with E-state index in [1.54, 1.807) is 36.4 Å². The van der Waals surface area contributed by atoms with Gasteiger partial charge in [0.2, 0.25) is 5.91 Å². The number of rotatable bonds is 12. The number of amides is 4. The predicted molar refractivity (Wildman–Crippen MR) is 247 cm³/mol. The van der Waals surface area contributed by atoms with Crippen LogP contribution in [0.2, 0.25) is 20.1 Å². The summed E-state index contributed by atoms with van der Waals surface area (Å²) in [5, 5.41) is 1.47. The Labute approximate surface area is 387 Å². The van der Waals surface area contributed by atoms with Crippen LogP contribution in [0.3, 0.4) is 0 Å². The van der Waals surface area contributed by atoms with Gasteiger partial charge in [0, 0.05) is 43.3 Å². The zero-order valence-corrected chi connectivity index (χ0v) is 37.7. The van der Waals surface area contributed by atoms with Crippen molar-refractivity contribution < 1.29 is 28.7 Å². The second-order valence-corrected chi connectivity index (χ2v) is 16.3. The number of carbonyl (C=O) groups is 4. The normalized spacial score (nSPS) is 18.6. The van der Waals surface area contributed by atoms with Crippen LogP contribution in [0.1, 0.15) is 66.1 Å². The number of imide groups is 2. The van der Waals surface area contributed by atoms with Gasteiger partial charge in [0.05, 0.1) is 12.6 Å². The molecular weight excluding hydrogens is 882 g/mol. The molecule has 63 heavy (non-hydrogen) atoms. The number of nitrogens with zero attached hydrogens (tertiary/aromatic N) is 4. The van der Waals surface area contributed by atoms with Gasteiger partial charge >= 0.3 is 12.2 Å². The van der Waals surface area contributed by atoms with Gasteiger partial charge in [-0.25, -0.2) is 19.4 Å². The molecule has 0 saturated carbocycles. The summed E-state index contributed by atoms with van der Waals surface area (Å²) in [4.78, 5) is 58.8. The fourth-order valence-corrected chi connectivity index (χ4v) is 9.07. The molecule has 0 radical (unpaired) electrons. The Hall–Kier alpha value is -5.46. The molecule has 5 aromatic rings. The van der Waals surface area contributed by atoms with E-state index in [0.29, 0.717) is 37.6 Å². The minimum atomic E-state index is -0.857. The topological polar surface area (TPSA) is 99.7 Å². The summed E-state index contributed by atoms with van der Waals surface area (Å²) in [5.41, 5.74) is 3.95. The molecule has 2 heterocycles. The van der Waals surface area contributed by atoms with Crippen LogP contribution in [0.4, 0.5) is 9.59 Å². The summed E-state index contributed by atoms with van der Waals surface area (Å²) < 4.78 is 10.5. The highest BCUT2D eigenvalue weighted by Gasteiger charge is 2.53. The van der Waals surface area contributed by atoms with E-state index < -0.39 is 30.6 Å². The highest BCUT2D eigenvalue weighted by Crippen LogP contribution is 2.47. The molecule has 5 aromatic carbocycles. The van der Waals surface area contributed by atoms with Crippen molar-refractivity contribution in [2.75, 3.05) is 19.8 Å². The molecule has 4 amide bonds. The summed E-state index contributed by atoms with van der Waals surface area (Å²) >= 11 is 26.1. The Morgan fingerprint density at radius 2 is 1.05 bits per heavy atom. The third-order valence-electron chi connectivity index (χ3n) is 10.9. The monoisotopic (exact) mass is 926 g/mol. The van der Waals surface area contributed by atoms with Gasteiger partial charge in [-0.1, -0.05) is 175 Å². The first-order valence-corrected chi connectivity index (χ1v) is 21.7. The number of hydrogen-bond donors (Lipinski definition) is 0. The third kappa shape index (κ3) is 10.5. The van der Waals surface area contributed by atoms with Crippen LogP contribution in [0.5, 0.6) is 0 Å². The highest BCUT2D eigenvalue weighted by atomic mass is 35.5. The lowest BCUT2D eigenvalue weighted by atomic mass is 9.99. The Kier molecular flexibility index (Phi) is 16.2. The van der Waals surface area contributed by atoms with Gasteiger partial charge in [0.25, 0.3) is 5.91 Å². The minimum absolute atomic E-state index is 0.000172. The van der Waals surface area contributed by atoms with Crippen molar-refractivity contribution in [2.24, 2.45) is 0 Å². The van der Waals surface area contributed by atoms with Gasteiger partial charge in [-0.05, 0) is 61.2 Å². The molecular formula is C49H46Cl4N4O6. The fraction of sp³-hybridized carbons (Fsp3) is 0.224. The minimum Gasteiger partial charge on any atom is -0.445 e. The number of carbonyl (C=O) groups excluding carboxylic acids is 4. The molecule has 2 fully saturated rings. The Balaban J connectivity index is 0.000000215. The van der Waals surface area contributed by atoms with Gasteiger partial charge in [0.1, 0.15) is 25.5 Å². The van der Waals surface area contributed by atoms with Crippen molar-refractivity contribution in [1.82, 2.24) is 19.6 Å². The zero-order chi connectivity index (χ0) is 45.2. The second kappa shape index (κ2) is 21.8. The summed E-state index contributed by atoms with van der Waals surface area (Å²) in [7, 11) is 0. The average Bonchev–Trinajstić information content (AvgIpc) is 3.77. The fourth-order valence-electron chi connectivity index (χ4n) is 7.88. The van der Waals surface area contributed by atoms with Crippen molar-refractivity contribution in [3.8, 4) is 0 Å². The molecule has 0 aliphatic carbocycles. The lowest BCUT2D eigenvalue weighted by Crippen LogP contribution is -2.38. The number of hydrogen-bond acceptors (Lipinski definition) is 8. The van der Waals surface area contributed by atoms with Gasteiger partial charge in [-0.15, -0.1) is 0 Å². The van der Waals surface area contributed by atoms with Gasteiger partial charge < -0.3 is 9.47 Å². The maximum absolute atomic E-state index is 13.9. The SMILES string of the molecule is C=CCOC(=O)N1C(=O)CN([C@H](C)c2ccccc2)[C@H]1c1c(Cl)cccc1Cl.C=CCOC(=O)N1C(=O)[C@H](Cc2ccccc2)N([C@H](C)c2ccccc2)[C@H]1c1c(Cl)cccc1Cl. The molecule has 0 aromatic heterocycles. The first-order chi connectivity index (χ1) is 30.4. The second-order valence-electron chi connectivity index (χ2n) is 14.7. The predicted octanol–water partition coefficient (Wildman–Crippen LogP) is 12.1. The van der Waals surface area contributed by atoms with Crippen LogP contribution < -0.4 is 0 Å². The largest absolute Gasteiger partial charge is 0.445 e. The van der Waals surface area contributed by atoms with E-state index in [1.807, 2.05) is 115 Å². The first kappa shape index (κ1) is 47.0. The molecule has 10 nitrogen and oxygen atoms in total. The summed E-state index contributed by atoms with van der Waals surface area (Å²) in [6, 6.07) is 38.4. The van der Waals surface area contributed by atoms with Crippen molar-refractivity contribution in [3.05, 3.63) is 201 Å². The molecule has 0 spiro atoms. The first-order valence-electron chi connectivity index (χ1n) is 20.1. The quantitative estimate of drug-likeness (QED) is 0.114. The van der Waals surface area contributed by atoms with E-state index in [9.17, 15) is 19.2 Å². The molecule has 326 valence electrons. The van der Waals surface area contributed by atoms with E-state index in [4.69, 9.17) is 55.9 Å². The van der Waals surface area contributed by atoms with Gasteiger partial charge in [0.15, 0.2) is 0 Å². The molecule has 2 saturated heterocycles. The molecule has 2 aliphatic heterocycles. The van der Waals surface area contributed by atoms with E-state index in [1.165, 1.54) is 12.2 Å². The lowest BCUT2D eigenvalue weighted by Gasteiger charge is -2.36. The lowest BCUT2D eigenvalue weighted by molar-refractivity contribution is -0.128. The van der Waals surface area contributed by atoms with E-state index in [-0.39, 0.29) is 43.7 Å². The molecule has 0 unspecified atom stereocenters. The van der Waals surface area contributed by atoms with Crippen molar-refractivity contribution in [2.45, 2.75) is 50.7 Å². The van der Waals surface area contributed by atoms with E-state index in [2.05, 4.69) is 13.2 Å². The van der Waals surface area contributed by atoms with E-state index in [0.717, 1.165) is 26.5 Å². The number of benzene rings is 5. The maximum atomic E-state index is 13.9. The van der Waals surface area contributed by atoms with Crippen molar-refractivity contribution in [3.63, 3.8) is 0 Å². The van der Waals surface area contributed by atoms with Crippen LogP contribution in [0.15, 0.2) is 153 Å². The molecule has 5 atom stereocenters. The Morgan fingerprint density at radius 1 is 0.619 bits per heavy atom. The van der Waals surface area contributed by atoms with Crippen molar-refractivity contribution in [1.29, 1.82) is 0 Å². The smallest absolute Gasteiger partial charge is 0.418 e. The number of ether oxygens (including phenoxy) is 2. The van der Waals surface area contributed by atoms with Crippen LogP contribution in [-0.4, -0.2) is 69.4 Å². The van der Waals surface area contributed by atoms with Crippen molar-refractivity contribution >= 4 is 70.4 Å². The average molecular weight is 929 g/mol. The third-order valence-corrected chi connectivity index (χ3v) is 12.2. The number of halogens is 4. The van der Waals surface area contributed by atoms with Crippen LogP contribution >= 0.6 is 46.4 Å².